The third-order valence-corrected chi connectivity index (χ3v) is 4.14. The first kappa shape index (κ1) is 10.1. The smallest absolute Gasteiger partial charge is 0.254 e. The first-order valence-electron chi connectivity index (χ1n) is 6.52. The van der Waals surface area contributed by atoms with E-state index in [1.165, 1.54) is 11.1 Å². The van der Waals surface area contributed by atoms with Crippen LogP contribution in [0, 0.1) is 0 Å². The second kappa shape index (κ2) is 3.55. The Morgan fingerprint density at radius 1 is 1.22 bits per heavy atom. The number of hydrogen-bond acceptors (Lipinski definition) is 2. The summed E-state index contributed by atoms with van der Waals surface area (Å²) in [5.41, 5.74) is 4.71. The van der Waals surface area contributed by atoms with Gasteiger partial charge in [0.25, 0.3) is 5.56 Å². The minimum absolute atomic E-state index is 0.0804. The molecule has 0 radical (unpaired) electrons. The van der Waals surface area contributed by atoms with Crippen LogP contribution in [0.25, 0.3) is 0 Å². The first-order chi connectivity index (χ1) is 8.83. The molecule has 1 atom stereocenters. The Bertz CT molecular complexity index is 687. The molecule has 1 aromatic carbocycles. The van der Waals surface area contributed by atoms with Crippen LogP contribution in [0.3, 0.4) is 0 Å². The summed E-state index contributed by atoms with van der Waals surface area (Å²) in [5, 5.41) is 0. The molecule has 0 bridgehead atoms. The Hall–Kier alpha value is -1.90. The van der Waals surface area contributed by atoms with E-state index in [2.05, 4.69) is 34.2 Å². The number of fused-ring (bicyclic) bond motifs is 2. The highest BCUT2D eigenvalue weighted by Gasteiger charge is 2.30. The van der Waals surface area contributed by atoms with Crippen molar-refractivity contribution in [1.82, 2.24) is 9.97 Å². The molecule has 1 unspecified atom stereocenters. The molecule has 1 aromatic heterocycles. The molecule has 4 rings (SSSR count). The molecule has 0 amide bonds. The molecule has 1 N–H and O–H groups in total. The summed E-state index contributed by atoms with van der Waals surface area (Å²) in [4.78, 5) is 19.7. The van der Waals surface area contributed by atoms with Crippen molar-refractivity contribution in [3.05, 3.63) is 62.8 Å². The maximum atomic E-state index is 12.0. The van der Waals surface area contributed by atoms with Crippen LogP contribution in [0.1, 0.15) is 40.5 Å². The summed E-state index contributed by atoms with van der Waals surface area (Å²) in [6, 6.07) is 8.40. The lowest BCUT2D eigenvalue weighted by Gasteiger charge is -2.29. The van der Waals surface area contributed by atoms with Gasteiger partial charge in [-0.15, -0.1) is 0 Å². The molecule has 0 saturated carbocycles. The van der Waals surface area contributed by atoms with Gasteiger partial charge in [0.05, 0.1) is 5.69 Å². The van der Waals surface area contributed by atoms with E-state index in [9.17, 15) is 4.79 Å². The number of aromatic amines is 1. The number of rotatable bonds is 1. The molecule has 0 saturated heterocycles. The molecule has 0 fully saturated rings. The number of nitrogens with one attached hydrogen (secondary N) is 1. The minimum atomic E-state index is 0.0804. The fraction of sp³-hybridized carbons (Fsp3) is 0.333. The predicted molar refractivity (Wildman–Crippen MR) is 68.9 cm³/mol. The number of aryl methyl sites for hydroxylation is 1. The van der Waals surface area contributed by atoms with Crippen LogP contribution in [-0.2, 0) is 19.3 Å². The molecular weight excluding hydrogens is 224 g/mol. The zero-order chi connectivity index (χ0) is 12.1. The summed E-state index contributed by atoms with van der Waals surface area (Å²) < 4.78 is 0. The van der Waals surface area contributed by atoms with E-state index in [-0.39, 0.29) is 5.56 Å². The highest BCUT2D eigenvalue weighted by molar-refractivity contribution is 5.44. The Morgan fingerprint density at radius 3 is 3.00 bits per heavy atom. The average Bonchev–Trinajstić information content (AvgIpc) is 2.79. The molecule has 0 spiro atoms. The van der Waals surface area contributed by atoms with Gasteiger partial charge in [0.2, 0.25) is 0 Å². The van der Waals surface area contributed by atoms with E-state index in [0.29, 0.717) is 5.92 Å². The molecule has 18 heavy (non-hydrogen) atoms. The number of H-pyrrole nitrogens is 1. The van der Waals surface area contributed by atoms with Crippen molar-refractivity contribution in [2.24, 2.45) is 0 Å². The summed E-state index contributed by atoms with van der Waals surface area (Å²) in [5.74, 6) is 1.15. The molecule has 2 aliphatic carbocycles. The monoisotopic (exact) mass is 238 g/mol. The van der Waals surface area contributed by atoms with E-state index >= 15 is 0 Å². The van der Waals surface area contributed by atoms with Gasteiger partial charge in [-0.2, -0.15) is 0 Å². The van der Waals surface area contributed by atoms with E-state index in [4.69, 9.17) is 0 Å². The first-order valence-corrected chi connectivity index (χ1v) is 6.52. The molecule has 3 heteroatoms. The second-order valence-corrected chi connectivity index (χ2v) is 5.19. The fourth-order valence-electron chi connectivity index (χ4n) is 3.13. The second-order valence-electron chi connectivity index (χ2n) is 5.19. The quantitative estimate of drug-likeness (QED) is 0.825. The molecule has 3 nitrogen and oxygen atoms in total. The van der Waals surface area contributed by atoms with Crippen LogP contribution >= 0.6 is 0 Å². The molecule has 0 aliphatic heterocycles. The third-order valence-electron chi connectivity index (χ3n) is 4.14. The van der Waals surface area contributed by atoms with Gasteiger partial charge >= 0.3 is 0 Å². The van der Waals surface area contributed by atoms with Gasteiger partial charge < -0.3 is 4.98 Å². The average molecular weight is 238 g/mol. The van der Waals surface area contributed by atoms with Crippen molar-refractivity contribution >= 4 is 0 Å². The SMILES string of the molecule is O=c1[nH]c(C2Cc3ccccc32)nc2c1CCC2. The molecule has 2 aromatic rings. The standard InChI is InChI=1S/C15H14N2O/c18-15-11-6-3-7-13(11)16-14(17-15)12-8-9-4-1-2-5-10(9)12/h1-2,4-5,12H,3,6-8H2,(H,16,17,18). The van der Waals surface area contributed by atoms with E-state index in [1.54, 1.807) is 0 Å². The van der Waals surface area contributed by atoms with Crippen LogP contribution in [0.2, 0.25) is 0 Å². The number of aromatic nitrogens is 2. The highest BCUT2D eigenvalue weighted by Crippen LogP contribution is 2.38. The minimum Gasteiger partial charge on any atom is -0.310 e. The van der Waals surface area contributed by atoms with Crippen molar-refractivity contribution in [2.75, 3.05) is 0 Å². The maximum Gasteiger partial charge on any atom is 0.254 e. The molecule has 90 valence electrons. The molecule has 2 aliphatic rings. The van der Waals surface area contributed by atoms with Gasteiger partial charge in [-0.3, -0.25) is 4.79 Å². The zero-order valence-electron chi connectivity index (χ0n) is 10.1. The van der Waals surface area contributed by atoms with Crippen molar-refractivity contribution in [1.29, 1.82) is 0 Å². The van der Waals surface area contributed by atoms with Gasteiger partial charge in [-0.1, -0.05) is 24.3 Å². The van der Waals surface area contributed by atoms with Crippen LogP contribution < -0.4 is 5.56 Å². The van der Waals surface area contributed by atoms with Crippen LogP contribution in [0.4, 0.5) is 0 Å². The summed E-state index contributed by atoms with van der Waals surface area (Å²) in [6.07, 6.45) is 3.91. The Labute approximate surface area is 105 Å². The number of benzene rings is 1. The largest absolute Gasteiger partial charge is 0.310 e. The summed E-state index contributed by atoms with van der Waals surface area (Å²) in [7, 11) is 0. The van der Waals surface area contributed by atoms with Gasteiger partial charge in [-0.05, 0) is 36.8 Å². The van der Waals surface area contributed by atoms with Crippen LogP contribution in [0.5, 0.6) is 0 Å². The van der Waals surface area contributed by atoms with Gasteiger partial charge in [0, 0.05) is 11.5 Å². The van der Waals surface area contributed by atoms with E-state index in [1.807, 2.05) is 0 Å². The lowest BCUT2D eigenvalue weighted by Crippen LogP contribution is -2.25. The Morgan fingerprint density at radius 2 is 2.11 bits per heavy atom. The fourth-order valence-corrected chi connectivity index (χ4v) is 3.13. The van der Waals surface area contributed by atoms with Crippen LogP contribution in [0.15, 0.2) is 29.1 Å². The van der Waals surface area contributed by atoms with Crippen LogP contribution in [-0.4, -0.2) is 9.97 Å². The summed E-state index contributed by atoms with van der Waals surface area (Å²) in [6.45, 7) is 0. The molecular formula is C15H14N2O. The van der Waals surface area contributed by atoms with Crippen molar-refractivity contribution in [3.8, 4) is 0 Å². The topological polar surface area (TPSA) is 45.8 Å². The predicted octanol–water partition coefficient (Wildman–Crippen LogP) is 1.95. The Balaban J connectivity index is 1.80. The van der Waals surface area contributed by atoms with Gasteiger partial charge in [0.1, 0.15) is 5.82 Å². The normalized spacial score (nSPS) is 20.1. The van der Waals surface area contributed by atoms with Crippen molar-refractivity contribution < 1.29 is 0 Å². The van der Waals surface area contributed by atoms with Crippen molar-refractivity contribution in [3.63, 3.8) is 0 Å². The highest BCUT2D eigenvalue weighted by atomic mass is 16.1. The van der Waals surface area contributed by atoms with Crippen molar-refractivity contribution in [2.45, 2.75) is 31.6 Å². The van der Waals surface area contributed by atoms with E-state index < -0.39 is 0 Å². The maximum absolute atomic E-state index is 12.0. The van der Waals surface area contributed by atoms with Gasteiger partial charge in [0.15, 0.2) is 0 Å². The lowest BCUT2D eigenvalue weighted by molar-refractivity contribution is 0.650. The number of nitrogens with zero attached hydrogens (tertiary/aromatic N) is 1. The third kappa shape index (κ3) is 1.30. The number of hydrogen-bond donors (Lipinski definition) is 1. The van der Waals surface area contributed by atoms with E-state index in [0.717, 1.165) is 42.8 Å². The zero-order valence-corrected chi connectivity index (χ0v) is 10.1. The van der Waals surface area contributed by atoms with Gasteiger partial charge in [-0.25, -0.2) is 4.98 Å². The molecule has 1 heterocycles. The lowest BCUT2D eigenvalue weighted by atomic mass is 9.77. The Kier molecular flexibility index (Phi) is 1.98. The summed E-state index contributed by atoms with van der Waals surface area (Å²) >= 11 is 0.